The first kappa shape index (κ1) is 30.2. The van der Waals surface area contributed by atoms with E-state index in [-0.39, 0.29) is 0 Å². The van der Waals surface area contributed by atoms with Crippen LogP contribution < -0.4 is 0 Å². The highest BCUT2D eigenvalue weighted by molar-refractivity contribution is 6.19. The molecule has 3 heterocycles. The van der Waals surface area contributed by atoms with Crippen LogP contribution >= 0.6 is 0 Å². The number of hydrogen-bond acceptors (Lipinski definition) is 3. The highest BCUT2D eigenvalue weighted by atomic mass is 15.2. The van der Waals surface area contributed by atoms with Gasteiger partial charge in [0.25, 0.3) is 0 Å². The second-order valence-electron chi connectivity index (χ2n) is 12.6. The van der Waals surface area contributed by atoms with E-state index in [0.29, 0.717) is 17.6 Å². The summed E-state index contributed by atoms with van der Waals surface area (Å²) in [5.74, 6) is 1.79. The Morgan fingerprint density at radius 3 is 1.71 bits per heavy atom. The normalized spacial score (nSPS) is 11.6. The van der Waals surface area contributed by atoms with Crippen LogP contribution in [0, 0.1) is 6.92 Å². The summed E-state index contributed by atoms with van der Waals surface area (Å²) < 4.78 is 4.58. The fraction of sp³-hybridized carbons (Fsp3) is 0.0217. The van der Waals surface area contributed by atoms with Crippen molar-refractivity contribution >= 4 is 38.8 Å². The average Bonchev–Trinajstić information content (AvgIpc) is 3.69. The Morgan fingerprint density at radius 2 is 1.02 bits per heavy atom. The van der Waals surface area contributed by atoms with Gasteiger partial charge in [-0.25, -0.2) is 4.98 Å². The fourth-order valence-corrected chi connectivity index (χ4v) is 7.20. The van der Waals surface area contributed by atoms with Gasteiger partial charge in [0.15, 0.2) is 11.6 Å². The molecule has 5 heteroatoms. The molecule has 9 aromatic rings. The van der Waals surface area contributed by atoms with Crippen LogP contribution in [0.15, 0.2) is 170 Å². The van der Waals surface area contributed by atoms with E-state index < -0.39 is 0 Å². The average molecular weight is 656 g/mol. The molecule has 0 spiro atoms. The number of benzene rings is 6. The Balaban J connectivity index is 1.37. The topological polar surface area (TPSA) is 48.5 Å². The Labute approximate surface area is 296 Å². The Hall–Kier alpha value is -6.85. The van der Waals surface area contributed by atoms with E-state index in [2.05, 4.69) is 144 Å². The molecular formula is C46H33N5. The summed E-state index contributed by atoms with van der Waals surface area (Å²) >= 11 is 0. The van der Waals surface area contributed by atoms with Crippen molar-refractivity contribution in [2.45, 2.75) is 6.92 Å². The van der Waals surface area contributed by atoms with Crippen LogP contribution in [0.3, 0.4) is 0 Å². The minimum Gasteiger partial charge on any atom is -0.311 e. The van der Waals surface area contributed by atoms with E-state index in [1.54, 1.807) is 0 Å². The van der Waals surface area contributed by atoms with Crippen molar-refractivity contribution in [2.75, 3.05) is 0 Å². The maximum atomic E-state index is 5.27. The molecule has 5 nitrogen and oxygen atoms in total. The number of para-hydroxylation sites is 2. The van der Waals surface area contributed by atoms with Gasteiger partial charge in [-0.15, -0.1) is 0 Å². The van der Waals surface area contributed by atoms with Gasteiger partial charge in [-0.2, -0.15) is 9.97 Å². The number of fused-ring (bicyclic) bond motifs is 5. The quantitative estimate of drug-likeness (QED) is 0.161. The van der Waals surface area contributed by atoms with Crippen molar-refractivity contribution in [1.82, 2.24) is 24.1 Å². The van der Waals surface area contributed by atoms with Crippen LogP contribution in [0.4, 0.5) is 0 Å². The van der Waals surface area contributed by atoms with E-state index >= 15 is 0 Å². The molecule has 0 fully saturated rings. The van der Waals surface area contributed by atoms with Gasteiger partial charge in [-0.3, -0.25) is 4.57 Å². The summed E-state index contributed by atoms with van der Waals surface area (Å²) in [6.07, 6.45) is 5.98. The van der Waals surface area contributed by atoms with Crippen LogP contribution in [0.25, 0.3) is 84.3 Å². The lowest BCUT2D eigenvalue weighted by atomic mass is 10.0. The zero-order valence-electron chi connectivity index (χ0n) is 28.1. The third kappa shape index (κ3) is 5.15. The fourth-order valence-electron chi connectivity index (χ4n) is 7.20. The summed E-state index contributed by atoms with van der Waals surface area (Å²) in [6.45, 7) is 6.13. The summed E-state index contributed by atoms with van der Waals surface area (Å²) in [7, 11) is 0. The van der Waals surface area contributed by atoms with Gasteiger partial charge in [-0.05, 0) is 36.2 Å². The lowest BCUT2D eigenvalue weighted by Gasteiger charge is -2.13. The van der Waals surface area contributed by atoms with Crippen LogP contribution in [-0.4, -0.2) is 24.1 Å². The van der Waals surface area contributed by atoms with Gasteiger partial charge >= 0.3 is 0 Å². The predicted octanol–water partition coefficient (Wildman–Crippen LogP) is 11.4. The second kappa shape index (κ2) is 12.6. The summed E-state index contributed by atoms with van der Waals surface area (Å²) in [5, 5.41) is 3.40. The van der Waals surface area contributed by atoms with Crippen molar-refractivity contribution in [3.63, 3.8) is 0 Å². The molecule has 0 radical (unpaired) electrons. The van der Waals surface area contributed by atoms with E-state index in [4.69, 9.17) is 15.0 Å². The molecule has 0 aliphatic carbocycles. The first-order valence-corrected chi connectivity index (χ1v) is 17.1. The molecule has 51 heavy (non-hydrogen) atoms. The summed E-state index contributed by atoms with van der Waals surface area (Å²) in [4.78, 5) is 15.6. The van der Waals surface area contributed by atoms with Gasteiger partial charge in [0.2, 0.25) is 5.95 Å². The highest BCUT2D eigenvalue weighted by Crippen LogP contribution is 2.41. The summed E-state index contributed by atoms with van der Waals surface area (Å²) in [5.41, 5.74) is 10.7. The molecule has 0 aliphatic rings. The number of nitrogens with zero attached hydrogens (tertiary/aromatic N) is 5. The second-order valence-corrected chi connectivity index (χ2v) is 12.6. The third-order valence-corrected chi connectivity index (χ3v) is 9.57. The van der Waals surface area contributed by atoms with E-state index in [0.717, 1.165) is 66.3 Å². The number of hydrogen-bond donors (Lipinski definition) is 0. The molecular weight excluding hydrogens is 623 g/mol. The molecule has 242 valence electrons. The monoisotopic (exact) mass is 655 g/mol. The first-order chi connectivity index (χ1) is 25.2. The molecule has 0 atom stereocenters. The Kier molecular flexibility index (Phi) is 7.44. The Morgan fingerprint density at radius 1 is 0.490 bits per heavy atom. The zero-order valence-corrected chi connectivity index (χ0v) is 28.1. The molecule has 0 saturated heterocycles. The number of rotatable bonds is 7. The molecule has 6 aromatic carbocycles. The third-order valence-electron chi connectivity index (χ3n) is 9.57. The largest absolute Gasteiger partial charge is 0.311 e. The van der Waals surface area contributed by atoms with E-state index in [1.807, 2.05) is 48.6 Å². The standard InChI is InChI=1S/C46H33N5/c1-3-4-22-37-31(2)50(36-20-12-7-13-21-36)42-39(37)29-30-40-38-23-14-15-24-41(38)51(43(40)42)46-48-44(34-18-10-6-11-19-34)47-45(49-46)35-27-25-33(26-28-35)32-16-8-5-9-17-32/h3-30H,1H2,2H3/b22-4-. The Bertz CT molecular complexity index is 2740. The lowest BCUT2D eigenvalue weighted by Crippen LogP contribution is -2.07. The van der Waals surface area contributed by atoms with Crippen LogP contribution in [0.2, 0.25) is 0 Å². The molecule has 0 saturated carbocycles. The van der Waals surface area contributed by atoms with Crippen molar-refractivity contribution in [3.8, 4) is 45.5 Å². The molecule has 9 rings (SSSR count). The van der Waals surface area contributed by atoms with Crippen molar-refractivity contribution in [1.29, 1.82) is 0 Å². The van der Waals surface area contributed by atoms with Gasteiger partial charge in [-0.1, -0.05) is 158 Å². The van der Waals surface area contributed by atoms with Gasteiger partial charge < -0.3 is 4.57 Å². The van der Waals surface area contributed by atoms with Gasteiger partial charge in [0.1, 0.15) is 0 Å². The zero-order chi connectivity index (χ0) is 34.3. The molecule has 0 N–H and O–H groups in total. The minimum atomic E-state index is 0.561. The van der Waals surface area contributed by atoms with Crippen LogP contribution in [0.5, 0.6) is 0 Å². The van der Waals surface area contributed by atoms with Crippen LogP contribution in [0.1, 0.15) is 11.3 Å². The van der Waals surface area contributed by atoms with Gasteiger partial charge in [0, 0.05) is 44.2 Å². The maximum absolute atomic E-state index is 5.27. The molecule has 0 aliphatic heterocycles. The molecule has 3 aromatic heterocycles. The van der Waals surface area contributed by atoms with Gasteiger partial charge in [0.05, 0.1) is 16.6 Å². The van der Waals surface area contributed by atoms with Crippen molar-refractivity contribution < 1.29 is 0 Å². The van der Waals surface area contributed by atoms with Crippen LogP contribution in [-0.2, 0) is 0 Å². The van der Waals surface area contributed by atoms with E-state index in [9.17, 15) is 0 Å². The summed E-state index contributed by atoms with van der Waals surface area (Å²) in [6, 6.07) is 52.6. The number of aromatic nitrogens is 5. The maximum Gasteiger partial charge on any atom is 0.238 e. The van der Waals surface area contributed by atoms with Crippen molar-refractivity contribution in [3.05, 3.63) is 182 Å². The lowest BCUT2D eigenvalue weighted by molar-refractivity contribution is 0.951. The minimum absolute atomic E-state index is 0.561. The highest BCUT2D eigenvalue weighted by Gasteiger charge is 2.24. The molecule has 0 amide bonds. The van der Waals surface area contributed by atoms with Crippen molar-refractivity contribution in [2.24, 2.45) is 0 Å². The van der Waals surface area contributed by atoms with E-state index in [1.165, 1.54) is 5.56 Å². The molecule has 0 unspecified atom stereocenters. The SMILES string of the molecule is C=C/C=C\c1c(C)n(-c2ccccc2)c2c1ccc1c3ccccc3n(-c3nc(-c4ccccc4)nc(-c4ccc(-c5ccccc5)cc4)n3)c12. The number of allylic oxidation sites excluding steroid dienone is 2. The smallest absolute Gasteiger partial charge is 0.238 e. The first-order valence-electron chi connectivity index (χ1n) is 17.1. The predicted molar refractivity (Wildman–Crippen MR) is 211 cm³/mol. The molecule has 0 bridgehead atoms.